The number of nitrogens with zero attached hydrogens (tertiary/aromatic N) is 2. The lowest BCUT2D eigenvalue weighted by Crippen LogP contribution is -2.02. The molecule has 8 heteroatoms. The Hall–Kier alpha value is -2.23. The molecule has 1 aromatic heterocycles. The Kier molecular flexibility index (Phi) is 4.13. The number of carboxylic acid groups (broad SMARTS) is 1. The smallest absolute Gasteiger partial charge is 0.339 e. The van der Waals surface area contributed by atoms with E-state index < -0.39 is 10.9 Å². The summed E-state index contributed by atoms with van der Waals surface area (Å²) in [6.07, 6.45) is 2.37. The van der Waals surface area contributed by atoms with Crippen molar-refractivity contribution in [2.45, 2.75) is 0 Å². The van der Waals surface area contributed by atoms with Gasteiger partial charge in [0, 0.05) is 15.8 Å². The second-order valence-corrected chi connectivity index (χ2v) is 4.89. The SMILES string of the molecule is O=C(O)c1cc(I)ccc1Oc1ccncc1[N+](=O)[O-]. The third-order valence-corrected chi connectivity index (χ3v) is 3.02. The van der Waals surface area contributed by atoms with Crippen LogP contribution in [0, 0.1) is 13.7 Å². The number of carboxylic acids is 1. The first-order valence-corrected chi connectivity index (χ1v) is 6.36. The Labute approximate surface area is 126 Å². The summed E-state index contributed by atoms with van der Waals surface area (Å²) in [7, 11) is 0. The van der Waals surface area contributed by atoms with Gasteiger partial charge in [-0.05, 0) is 40.8 Å². The van der Waals surface area contributed by atoms with Crippen LogP contribution in [-0.4, -0.2) is 21.0 Å². The van der Waals surface area contributed by atoms with Crippen LogP contribution in [0.4, 0.5) is 5.69 Å². The second kappa shape index (κ2) is 5.82. The molecule has 20 heavy (non-hydrogen) atoms. The molecule has 2 aromatic rings. The molecule has 0 spiro atoms. The summed E-state index contributed by atoms with van der Waals surface area (Å²) in [5.41, 5.74) is -0.398. The van der Waals surface area contributed by atoms with Gasteiger partial charge < -0.3 is 9.84 Å². The third-order valence-electron chi connectivity index (χ3n) is 2.35. The van der Waals surface area contributed by atoms with E-state index in [0.717, 1.165) is 9.77 Å². The maximum absolute atomic E-state index is 11.2. The molecular formula is C12H7IN2O5. The minimum Gasteiger partial charge on any atom is -0.478 e. The highest BCUT2D eigenvalue weighted by atomic mass is 127. The first-order chi connectivity index (χ1) is 9.49. The molecule has 0 saturated carbocycles. The van der Waals surface area contributed by atoms with E-state index in [0.29, 0.717) is 0 Å². The summed E-state index contributed by atoms with van der Waals surface area (Å²) in [6.45, 7) is 0. The van der Waals surface area contributed by atoms with Gasteiger partial charge >= 0.3 is 11.7 Å². The topological polar surface area (TPSA) is 103 Å². The normalized spacial score (nSPS) is 10.1. The lowest BCUT2D eigenvalue weighted by molar-refractivity contribution is -0.386. The van der Waals surface area contributed by atoms with E-state index in [2.05, 4.69) is 4.98 Å². The van der Waals surface area contributed by atoms with E-state index in [4.69, 9.17) is 9.84 Å². The fourth-order valence-electron chi connectivity index (χ4n) is 1.47. The first-order valence-electron chi connectivity index (χ1n) is 5.28. The highest BCUT2D eigenvalue weighted by Gasteiger charge is 2.19. The van der Waals surface area contributed by atoms with Crippen molar-refractivity contribution in [3.63, 3.8) is 0 Å². The molecule has 1 heterocycles. The molecule has 102 valence electrons. The Balaban J connectivity index is 2.45. The molecule has 0 saturated heterocycles. The Morgan fingerprint density at radius 2 is 2.10 bits per heavy atom. The summed E-state index contributed by atoms with van der Waals surface area (Å²) in [4.78, 5) is 25.0. The highest BCUT2D eigenvalue weighted by Crippen LogP contribution is 2.32. The van der Waals surface area contributed by atoms with Crippen LogP contribution in [0.3, 0.4) is 0 Å². The van der Waals surface area contributed by atoms with Gasteiger partial charge in [-0.3, -0.25) is 15.1 Å². The summed E-state index contributed by atoms with van der Waals surface area (Å²) in [6, 6.07) is 5.83. The molecule has 0 bridgehead atoms. The van der Waals surface area contributed by atoms with Gasteiger partial charge in [0.1, 0.15) is 17.5 Å². The van der Waals surface area contributed by atoms with Crippen molar-refractivity contribution in [2.75, 3.05) is 0 Å². The van der Waals surface area contributed by atoms with Crippen molar-refractivity contribution in [1.82, 2.24) is 4.98 Å². The van der Waals surface area contributed by atoms with Gasteiger partial charge in [-0.15, -0.1) is 0 Å². The molecule has 1 N–H and O–H groups in total. The van der Waals surface area contributed by atoms with Crippen molar-refractivity contribution < 1.29 is 19.6 Å². The Morgan fingerprint density at radius 3 is 2.75 bits per heavy atom. The molecule has 7 nitrogen and oxygen atoms in total. The van der Waals surface area contributed by atoms with Gasteiger partial charge in [-0.2, -0.15) is 0 Å². The van der Waals surface area contributed by atoms with Gasteiger partial charge in [-0.1, -0.05) is 0 Å². The van der Waals surface area contributed by atoms with Crippen molar-refractivity contribution in [2.24, 2.45) is 0 Å². The number of carbonyl (C=O) groups is 1. The van der Waals surface area contributed by atoms with Crippen molar-refractivity contribution in [3.8, 4) is 11.5 Å². The number of benzene rings is 1. The summed E-state index contributed by atoms with van der Waals surface area (Å²) in [5.74, 6) is -1.20. The number of halogens is 1. The number of aromatic nitrogens is 1. The van der Waals surface area contributed by atoms with Gasteiger partial charge in [0.05, 0.1) is 4.92 Å². The van der Waals surface area contributed by atoms with Crippen LogP contribution in [0.25, 0.3) is 0 Å². The van der Waals surface area contributed by atoms with Gasteiger partial charge in [0.25, 0.3) is 0 Å². The first kappa shape index (κ1) is 14.2. The lowest BCUT2D eigenvalue weighted by Gasteiger charge is -2.09. The van der Waals surface area contributed by atoms with Crippen LogP contribution in [0.15, 0.2) is 36.7 Å². The largest absolute Gasteiger partial charge is 0.478 e. The Morgan fingerprint density at radius 1 is 1.35 bits per heavy atom. The summed E-state index contributed by atoms with van der Waals surface area (Å²) < 4.78 is 6.07. The van der Waals surface area contributed by atoms with E-state index in [1.165, 1.54) is 24.4 Å². The number of ether oxygens (including phenoxy) is 1. The standard InChI is InChI=1S/C12H7IN2O5/c13-7-1-2-10(8(5-7)12(16)17)20-11-3-4-14-6-9(11)15(18)19/h1-6H,(H,16,17). The van der Waals surface area contributed by atoms with Gasteiger partial charge in [0.2, 0.25) is 5.75 Å². The minimum absolute atomic E-state index is 0.0345. The molecule has 2 rings (SSSR count). The molecular weight excluding hydrogens is 379 g/mol. The molecule has 0 aliphatic heterocycles. The van der Waals surface area contributed by atoms with Crippen LogP contribution in [0.2, 0.25) is 0 Å². The van der Waals surface area contributed by atoms with Crippen LogP contribution < -0.4 is 4.74 Å². The third kappa shape index (κ3) is 3.02. The minimum atomic E-state index is -1.17. The average Bonchev–Trinajstić information content (AvgIpc) is 2.41. The molecule has 0 aliphatic rings. The number of aromatic carboxylic acids is 1. The van der Waals surface area contributed by atoms with Crippen molar-refractivity contribution >= 4 is 34.2 Å². The van der Waals surface area contributed by atoms with E-state index in [-0.39, 0.29) is 22.7 Å². The molecule has 0 radical (unpaired) electrons. The zero-order valence-electron chi connectivity index (χ0n) is 9.82. The maximum atomic E-state index is 11.2. The van der Waals surface area contributed by atoms with E-state index >= 15 is 0 Å². The number of rotatable bonds is 4. The Bertz CT molecular complexity index is 689. The lowest BCUT2D eigenvalue weighted by atomic mass is 10.2. The number of nitro groups is 1. The number of hydrogen-bond acceptors (Lipinski definition) is 5. The molecule has 0 unspecified atom stereocenters. The van der Waals surface area contributed by atoms with Crippen LogP contribution in [0.5, 0.6) is 11.5 Å². The fraction of sp³-hybridized carbons (Fsp3) is 0. The van der Waals surface area contributed by atoms with Gasteiger partial charge in [-0.25, -0.2) is 4.79 Å². The quantitative estimate of drug-likeness (QED) is 0.492. The van der Waals surface area contributed by atoms with E-state index in [9.17, 15) is 14.9 Å². The summed E-state index contributed by atoms with van der Waals surface area (Å²) in [5, 5.41) is 20.0. The number of hydrogen-bond donors (Lipinski definition) is 1. The molecule has 1 aromatic carbocycles. The van der Waals surface area contributed by atoms with Crippen molar-refractivity contribution in [1.29, 1.82) is 0 Å². The predicted molar refractivity (Wildman–Crippen MR) is 77.1 cm³/mol. The molecule has 0 amide bonds. The zero-order valence-corrected chi connectivity index (χ0v) is 12.0. The van der Waals surface area contributed by atoms with Crippen LogP contribution >= 0.6 is 22.6 Å². The van der Waals surface area contributed by atoms with Gasteiger partial charge in [0.15, 0.2) is 0 Å². The fourth-order valence-corrected chi connectivity index (χ4v) is 1.96. The molecule has 0 aliphatic carbocycles. The molecule has 0 fully saturated rings. The molecule has 0 atom stereocenters. The maximum Gasteiger partial charge on any atom is 0.339 e. The summed E-state index contributed by atoms with van der Waals surface area (Å²) >= 11 is 1.97. The highest BCUT2D eigenvalue weighted by molar-refractivity contribution is 14.1. The number of pyridine rings is 1. The van der Waals surface area contributed by atoms with E-state index in [1.54, 1.807) is 6.07 Å². The average molecular weight is 386 g/mol. The monoisotopic (exact) mass is 386 g/mol. The predicted octanol–water partition coefficient (Wildman–Crippen LogP) is 3.08. The van der Waals surface area contributed by atoms with Crippen LogP contribution in [-0.2, 0) is 0 Å². The van der Waals surface area contributed by atoms with Crippen LogP contribution in [0.1, 0.15) is 10.4 Å². The van der Waals surface area contributed by atoms with E-state index in [1.807, 2.05) is 22.6 Å². The van der Waals surface area contributed by atoms with Crippen molar-refractivity contribution in [3.05, 3.63) is 55.9 Å². The zero-order chi connectivity index (χ0) is 14.7. The second-order valence-electron chi connectivity index (χ2n) is 3.65.